The Balaban J connectivity index is 2.34. The SMILES string of the molecule is Cc1ccc(C)c2nc(Cl)c(-c3ccccc3)cc12. The lowest BCUT2D eigenvalue weighted by Gasteiger charge is -2.10. The van der Waals surface area contributed by atoms with E-state index in [0.29, 0.717) is 5.15 Å². The van der Waals surface area contributed by atoms with E-state index >= 15 is 0 Å². The average Bonchev–Trinajstić information content (AvgIpc) is 2.44. The van der Waals surface area contributed by atoms with Gasteiger partial charge in [-0.3, -0.25) is 0 Å². The van der Waals surface area contributed by atoms with Gasteiger partial charge in [-0.25, -0.2) is 4.98 Å². The molecule has 2 heteroatoms. The molecule has 0 radical (unpaired) electrons. The van der Waals surface area contributed by atoms with E-state index in [2.05, 4.69) is 49.2 Å². The van der Waals surface area contributed by atoms with Crippen molar-refractivity contribution in [1.82, 2.24) is 4.98 Å². The predicted octanol–water partition coefficient (Wildman–Crippen LogP) is 5.17. The molecule has 1 heterocycles. The van der Waals surface area contributed by atoms with Crippen LogP contribution in [0.4, 0.5) is 0 Å². The van der Waals surface area contributed by atoms with Gasteiger partial charge >= 0.3 is 0 Å². The molecule has 0 amide bonds. The summed E-state index contributed by atoms with van der Waals surface area (Å²) < 4.78 is 0. The van der Waals surface area contributed by atoms with Crippen molar-refractivity contribution in [3.63, 3.8) is 0 Å². The summed E-state index contributed by atoms with van der Waals surface area (Å²) >= 11 is 6.35. The van der Waals surface area contributed by atoms with Crippen LogP contribution in [-0.2, 0) is 0 Å². The molecule has 3 rings (SSSR count). The molecule has 19 heavy (non-hydrogen) atoms. The van der Waals surface area contributed by atoms with Crippen LogP contribution in [0.25, 0.3) is 22.0 Å². The van der Waals surface area contributed by atoms with Crippen molar-refractivity contribution in [2.24, 2.45) is 0 Å². The number of hydrogen-bond donors (Lipinski definition) is 0. The zero-order chi connectivity index (χ0) is 13.4. The van der Waals surface area contributed by atoms with Crippen molar-refractivity contribution >= 4 is 22.5 Å². The third-order valence-corrected chi connectivity index (χ3v) is 3.73. The van der Waals surface area contributed by atoms with E-state index < -0.39 is 0 Å². The minimum Gasteiger partial charge on any atom is -0.235 e. The van der Waals surface area contributed by atoms with Crippen LogP contribution < -0.4 is 0 Å². The maximum absolute atomic E-state index is 6.35. The molecular weight excluding hydrogens is 254 g/mol. The molecule has 0 bridgehead atoms. The highest BCUT2D eigenvalue weighted by atomic mass is 35.5. The second kappa shape index (κ2) is 4.67. The number of hydrogen-bond acceptors (Lipinski definition) is 1. The van der Waals surface area contributed by atoms with Gasteiger partial charge in [-0.05, 0) is 36.6 Å². The minimum absolute atomic E-state index is 0.562. The molecule has 0 fully saturated rings. The Bertz CT molecular complexity index is 748. The van der Waals surface area contributed by atoms with Crippen LogP contribution in [0.2, 0.25) is 5.15 Å². The fraction of sp³-hybridized carbons (Fsp3) is 0.118. The highest BCUT2D eigenvalue weighted by molar-refractivity contribution is 6.32. The Morgan fingerprint density at radius 1 is 0.895 bits per heavy atom. The topological polar surface area (TPSA) is 12.9 Å². The highest BCUT2D eigenvalue weighted by Gasteiger charge is 2.09. The Morgan fingerprint density at radius 3 is 2.32 bits per heavy atom. The maximum atomic E-state index is 6.35. The Morgan fingerprint density at radius 2 is 1.58 bits per heavy atom. The van der Waals surface area contributed by atoms with Gasteiger partial charge in [-0.1, -0.05) is 54.1 Å². The smallest absolute Gasteiger partial charge is 0.137 e. The molecule has 0 atom stereocenters. The summed E-state index contributed by atoms with van der Waals surface area (Å²) in [6.45, 7) is 4.17. The van der Waals surface area contributed by atoms with Gasteiger partial charge in [0.25, 0.3) is 0 Å². The lowest BCUT2D eigenvalue weighted by molar-refractivity contribution is 1.34. The second-order valence-electron chi connectivity index (χ2n) is 4.79. The first-order chi connectivity index (χ1) is 9.16. The van der Waals surface area contributed by atoms with Gasteiger partial charge in [0.15, 0.2) is 0 Å². The van der Waals surface area contributed by atoms with Crippen molar-refractivity contribution in [1.29, 1.82) is 0 Å². The number of aryl methyl sites for hydroxylation is 2. The fourth-order valence-electron chi connectivity index (χ4n) is 2.33. The standard InChI is InChI=1S/C17H14ClN/c1-11-8-9-12(2)16-14(11)10-15(17(18)19-16)13-6-4-3-5-7-13/h3-10H,1-2H3. The van der Waals surface area contributed by atoms with Crippen LogP contribution in [0.15, 0.2) is 48.5 Å². The van der Waals surface area contributed by atoms with Crippen molar-refractivity contribution < 1.29 is 0 Å². The Kier molecular flexibility index (Phi) is 3.00. The van der Waals surface area contributed by atoms with Crippen LogP contribution in [0.3, 0.4) is 0 Å². The number of nitrogens with zero attached hydrogens (tertiary/aromatic N) is 1. The number of pyridine rings is 1. The molecular formula is C17H14ClN. The first kappa shape index (κ1) is 12.2. The first-order valence-electron chi connectivity index (χ1n) is 6.28. The Labute approximate surface area is 117 Å². The van der Waals surface area contributed by atoms with Gasteiger partial charge in [0.2, 0.25) is 0 Å². The molecule has 1 aromatic heterocycles. The third kappa shape index (κ3) is 2.11. The van der Waals surface area contributed by atoms with E-state index in [1.807, 2.05) is 18.2 Å². The van der Waals surface area contributed by atoms with Gasteiger partial charge in [-0.15, -0.1) is 0 Å². The van der Waals surface area contributed by atoms with Gasteiger partial charge in [0, 0.05) is 10.9 Å². The van der Waals surface area contributed by atoms with Crippen molar-refractivity contribution in [2.45, 2.75) is 13.8 Å². The van der Waals surface area contributed by atoms with E-state index in [-0.39, 0.29) is 0 Å². The number of rotatable bonds is 1. The summed E-state index contributed by atoms with van der Waals surface area (Å²) in [6.07, 6.45) is 0. The van der Waals surface area contributed by atoms with Gasteiger partial charge in [-0.2, -0.15) is 0 Å². The molecule has 94 valence electrons. The summed E-state index contributed by atoms with van der Waals surface area (Å²) in [5, 5.41) is 1.73. The molecule has 0 saturated heterocycles. The lowest BCUT2D eigenvalue weighted by atomic mass is 10.0. The van der Waals surface area contributed by atoms with E-state index in [9.17, 15) is 0 Å². The minimum atomic E-state index is 0.562. The van der Waals surface area contributed by atoms with Crippen LogP contribution in [0, 0.1) is 13.8 Å². The molecule has 0 spiro atoms. The quantitative estimate of drug-likeness (QED) is 0.554. The van der Waals surface area contributed by atoms with E-state index in [0.717, 1.165) is 22.2 Å². The van der Waals surface area contributed by atoms with Gasteiger partial charge in [0.05, 0.1) is 5.52 Å². The van der Waals surface area contributed by atoms with Gasteiger partial charge in [0.1, 0.15) is 5.15 Å². The maximum Gasteiger partial charge on any atom is 0.137 e. The highest BCUT2D eigenvalue weighted by Crippen LogP contribution is 2.31. The lowest BCUT2D eigenvalue weighted by Crippen LogP contribution is -1.90. The van der Waals surface area contributed by atoms with Crippen LogP contribution in [0.5, 0.6) is 0 Å². The molecule has 0 saturated carbocycles. The third-order valence-electron chi connectivity index (χ3n) is 3.44. The first-order valence-corrected chi connectivity index (χ1v) is 6.66. The van der Waals surface area contributed by atoms with E-state index in [1.54, 1.807) is 0 Å². The van der Waals surface area contributed by atoms with Gasteiger partial charge < -0.3 is 0 Å². The normalized spacial score (nSPS) is 10.9. The molecule has 2 aromatic carbocycles. The van der Waals surface area contributed by atoms with Crippen LogP contribution in [0.1, 0.15) is 11.1 Å². The van der Waals surface area contributed by atoms with Crippen LogP contribution in [-0.4, -0.2) is 4.98 Å². The van der Waals surface area contributed by atoms with E-state index in [4.69, 9.17) is 11.6 Å². The van der Waals surface area contributed by atoms with Crippen molar-refractivity contribution in [3.8, 4) is 11.1 Å². The predicted molar refractivity (Wildman–Crippen MR) is 81.7 cm³/mol. The second-order valence-corrected chi connectivity index (χ2v) is 5.15. The number of aromatic nitrogens is 1. The zero-order valence-electron chi connectivity index (χ0n) is 10.9. The molecule has 0 aliphatic carbocycles. The van der Waals surface area contributed by atoms with Crippen molar-refractivity contribution in [2.75, 3.05) is 0 Å². The summed E-state index contributed by atoms with van der Waals surface area (Å²) in [6, 6.07) is 16.5. The summed E-state index contributed by atoms with van der Waals surface area (Å²) in [5.41, 5.74) is 5.46. The monoisotopic (exact) mass is 267 g/mol. The molecule has 0 N–H and O–H groups in total. The average molecular weight is 268 g/mol. The number of fused-ring (bicyclic) bond motifs is 1. The molecule has 1 nitrogen and oxygen atoms in total. The van der Waals surface area contributed by atoms with Crippen molar-refractivity contribution in [3.05, 3.63) is 64.8 Å². The molecule has 3 aromatic rings. The molecule has 0 unspecified atom stereocenters. The summed E-state index contributed by atoms with van der Waals surface area (Å²) in [5.74, 6) is 0. The number of halogens is 1. The largest absolute Gasteiger partial charge is 0.235 e. The zero-order valence-corrected chi connectivity index (χ0v) is 11.7. The number of benzene rings is 2. The molecule has 0 aliphatic rings. The molecule has 0 aliphatic heterocycles. The van der Waals surface area contributed by atoms with E-state index in [1.165, 1.54) is 10.9 Å². The summed E-state index contributed by atoms with van der Waals surface area (Å²) in [4.78, 5) is 4.58. The Hall–Kier alpha value is -1.86. The fourth-order valence-corrected chi connectivity index (χ4v) is 2.58. The van der Waals surface area contributed by atoms with Crippen LogP contribution >= 0.6 is 11.6 Å². The summed E-state index contributed by atoms with van der Waals surface area (Å²) in [7, 11) is 0.